The highest BCUT2D eigenvalue weighted by Gasteiger charge is 2.42. The minimum absolute atomic E-state index is 0.0149. The maximum Gasteiger partial charge on any atom is 0.446 e. The quantitative estimate of drug-likeness (QED) is 0.338. The van der Waals surface area contributed by atoms with E-state index in [4.69, 9.17) is 20.9 Å². The summed E-state index contributed by atoms with van der Waals surface area (Å²) in [7, 11) is 0. The highest BCUT2D eigenvalue weighted by molar-refractivity contribution is 8.00. The van der Waals surface area contributed by atoms with Crippen LogP contribution in [0.3, 0.4) is 0 Å². The standard InChI is InChI=1S/C19H19ClF3N5O4S2/c20-12-7-25-15-6-13(9-2-1-3-11(4-9)33-19(21,22)23)27-28(15)18(12)26-14-5-10(8-32-34(24)31)16(29)17(14)30/h1-4,6-7,10,14,16-17,26,29-30H,5,8,24H2/t10-,14-,16-,17+,34?/m1/s1. The van der Waals surface area contributed by atoms with Crippen molar-refractivity contribution in [2.75, 3.05) is 11.9 Å². The molecule has 0 radical (unpaired) electrons. The largest absolute Gasteiger partial charge is 0.446 e. The molecule has 4 rings (SSSR count). The summed E-state index contributed by atoms with van der Waals surface area (Å²) in [4.78, 5) is 4.22. The van der Waals surface area contributed by atoms with E-state index in [1.807, 2.05) is 0 Å². The molecule has 5 atom stereocenters. The van der Waals surface area contributed by atoms with Crippen molar-refractivity contribution in [2.45, 2.75) is 35.1 Å². The van der Waals surface area contributed by atoms with Gasteiger partial charge in [-0.25, -0.2) is 14.3 Å². The Morgan fingerprint density at radius 2 is 2.09 bits per heavy atom. The third-order valence-corrected chi connectivity index (χ3v) is 6.69. The average Bonchev–Trinajstić information content (AvgIpc) is 3.30. The number of aliphatic hydroxyl groups is 2. The summed E-state index contributed by atoms with van der Waals surface area (Å²) in [6.07, 6.45) is -0.717. The van der Waals surface area contributed by atoms with Gasteiger partial charge in [0.15, 0.2) is 11.5 Å². The Hall–Kier alpha value is -1.94. The van der Waals surface area contributed by atoms with E-state index in [2.05, 4.69) is 15.4 Å². The van der Waals surface area contributed by atoms with E-state index in [9.17, 15) is 27.6 Å². The van der Waals surface area contributed by atoms with Gasteiger partial charge in [0.1, 0.15) is 11.1 Å². The normalized spacial score (nSPS) is 24.0. The summed E-state index contributed by atoms with van der Waals surface area (Å²) >= 11 is 4.09. The molecule has 1 aromatic carbocycles. The number of alkyl halides is 3. The summed E-state index contributed by atoms with van der Waals surface area (Å²) in [5.74, 6) is -0.253. The van der Waals surface area contributed by atoms with Crippen LogP contribution in [0.25, 0.3) is 16.9 Å². The molecule has 1 fully saturated rings. The van der Waals surface area contributed by atoms with Crippen LogP contribution in [-0.4, -0.2) is 59.4 Å². The van der Waals surface area contributed by atoms with Crippen molar-refractivity contribution in [1.29, 1.82) is 0 Å². The number of nitrogens with two attached hydrogens (primary N) is 1. The molecule has 9 nitrogen and oxygen atoms in total. The van der Waals surface area contributed by atoms with Crippen LogP contribution in [0.5, 0.6) is 0 Å². The molecule has 0 aliphatic heterocycles. The lowest BCUT2D eigenvalue weighted by atomic mass is 10.1. The van der Waals surface area contributed by atoms with E-state index in [0.717, 1.165) is 0 Å². The van der Waals surface area contributed by atoms with Crippen LogP contribution in [-0.2, 0) is 15.4 Å². The van der Waals surface area contributed by atoms with E-state index < -0.39 is 40.9 Å². The number of rotatable bonds is 7. The fraction of sp³-hybridized carbons (Fsp3) is 0.368. The van der Waals surface area contributed by atoms with Crippen LogP contribution in [0.15, 0.2) is 41.4 Å². The van der Waals surface area contributed by atoms with Gasteiger partial charge < -0.3 is 15.5 Å². The third-order valence-electron chi connectivity index (χ3n) is 5.32. The van der Waals surface area contributed by atoms with Gasteiger partial charge in [-0.3, -0.25) is 4.18 Å². The Balaban J connectivity index is 1.61. The number of anilines is 1. The number of aliphatic hydroxyl groups excluding tert-OH is 2. The van der Waals surface area contributed by atoms with E-state index in [1.165, 1.54) is 28.9 Å². The summed E-state index contributed by atoms with van der Waals surface area (Å²) in [5, 5.41) is 33.5. The van der Waals surface area contributed by atoms with Gasteiger partial charge in [-0.05, 0) is 30.3 Å². The second-order valence-corrected chi connectivity index (χ2v) is 9.91. The molecular weight excluding hydrogens is 519 g/mol. The van der Waals surface area contributed by atoms with Gasteiger partial charge in [0, 0.05) is 22.4 Å². The SMILES string of the molecule is NS(=O)OC[C@H]1C[C@@H](Nc2c(Cl)cnc3cc(-c4cccc(SC(F)(F)F)c4)nn23)[C@H](O)[C@@H]1O. The van der Waals surface area contributed by atoms with Crippen LogP contribution in [0.2, 0.25) is 5.02 Å². The molecule has 0 saturated heterocycles. The first-order valence-electron chi connectivity index (χ1n) is 9.84. The van der Waals surface area contributed by atoms with Gasteiger partial charge in [-0.1, -0.05) is 23.7 Å². The Kier molecular flexibility index (Phi) is 7.38. The number of hydrogen-bond acceptors (Lipinski definition) is 8. The highest BCUT2D eigenvalue weighted by atomic mass is 35.5. The Bertz CT molecular complexity index is 1210. The lowest BCUT2D eigenvalue weighted by Gasteiger charge is -2.20. The predicted molar refractivity (Wildman–Crippen MR) is 121 cm³/mol. The monoisotopic (exact) mass is 537 g/mol. The molecule has 0 spiro atoms. The topological polar surface area (TPSA) is 135 Å². The first-order valence-corrected chi connectivity index (χ1v) is 12.2. The molecule has 1 unspecified atom stereocenters. The van der Waals surface area contributed by atoms with Gasteiger partial charge >= 0.3 is 5.51 Å². The summed E-state index contributed by atoms with van der Waals surface area (Å²) in [6, 6.07) is 6.79. The lowest BCUT2D eigenvalue weighted by Crippen LogP contribution is -2.36. The van der Waals surface area contributed by atoms with Crippen LogP contribution >= 0.6 is 23.4 Å². The predicted octanol–water partition coefficient (Wildman–Crippen LogP) is 2.74. The molecule has 184 valence electrons. The van der Waals surface area contributed by atoms with E-state index in [1.54, 1.807) is 12.1 Å². The Morgan fingerprint density at radius 3 is 2.79 bits per heavy atom. The van der Waals surface area contributed by atoms with Gasteiger partial charge in [0.25, 0.3) is 0 Å². The van der Waals surface area contributed by atoms with Crippen molar-refractivity contribution in [3.05, 3.63) is 41.6 Å². The molecular formula is C19H19ClF3N5O4S2. The van der Waals surface area contributed by atoms with Crippen molar-refractivity contribution in [3.63, 3.8) is 0 Å². The van der Waals surface area contributed by atoms with Gasteiger partial charge in [0.05, 0.1) is 30.6 Å². The molecule has 0 amide bonds. The van der Waals surface area contributed by atoms with Crippen molar-refractivity contribution in [1.82, 2.24) is 14.6 Å². The highest BCUT2D eigenvalue weighted by Crippen LogP contribution is 2.38. The number of halogens is 4. The minimum atomic E-state index is -4.42. The number of fused-ring (bicyclic) bond motifs is 1. The first-order chi connectivity index (χ1) is 16.0. The van der Waals surface area contributed by atoms with Gasteiger partial charge in [-0.15, -0.1) is 0 Å². The minimum Gasteiger partial charge on any atom is -0.390 e. The van der Waals surface area contributed by atoms with Gasteiger partial charge in [0.2, 0.25) is 11.3 Å². The number of thioether (sulfide) groups is 1. The molecule has 3 aromatic rings. The molecule has 34 heavy (non-hydrogen) atoms. The fourth-order valence-electron chi connectivity index (χ4n) is 3.80. The number of benzene rings is 1. The van der Waals surface area contributed by atoms with E-state index >= 15 is 0 Å². The summed E-state index contributed by atoms with van der Waals surface area (Å²) < 4.78 is 55.5. The molecule has 2 heterocycles. The van der Waals surface area contributed by atoms with Crippen molar-refractivity contribution in [3.8, 4) is 11.3 Å². The number of hydrogen-bond donors (Lipinski definition) is 4. The number of nitrogens with one attached hydrogen (secondary N) is 1. The third kappa shape index (κ3) is 5.64. The number of nitrogens with zero attached hydrogens (tertiary/aromatic N) is 3. The molecule has 0 bridgehead atoms. The zero-order chi connectivity index (χ0) is 24.6. The molecule has 5 N–H and O–H groups in total. The van der Waals surface area contributed by atoms with Crippen LogP contribution in [0.1, 0.15) is 6.42 Å². The molecule has 1 aliphatic rings. The molecule has 2 aromatic heterocycles. The molecule has 1 aliphatic carbocycles. The fourth-order valence-corrected chi connectivity index (χ4v) is 4.89. The second-order valence-electron chi connectivity index (χ2n) is 7.60. The lowest BCUT2D eigenvalue weighted by molar-refractivity contribution is -0.0328. The Labute approximate surface area is 203 Å². The van der Waals surface area contributed by atoms with Gasteiger partial charge in [-0.2, -0.15) is 22.8 Å². The maximum absolute atomic E-state index is 12.8. The van der Waals surface area contributed by atoms with E-state index in [0.29, 0.717) is 16.9 Å². The number of aromatic nitrogens is 3. The smallest absolute Gasteiger partial charge is 0.390 e. The first kappa shape index (κ1) is 25.2. The van der Waals surface area contributed by atoms with Crippen LogP contribution in [0, 0.1) is 5.92 Å². The maximum atomic E-state index is 12.8. The molecule has 1 saturated carbocycles. The summed E-state index contributed by atoms with van der Waals surface area (Å²) in [5.41, 5.74) is -3.24. The Morgan fingerprint density at radius 1 is 1.32 bits per heavy atom. The molecule has 15 heteroatoms. The zero-order valence-electron chi connectivity index (χ0n) is 17.1. The van der Waals surface area contributed by atoms with Crippen LogP contribution < -0.4 is 10.5 Å². The average molecular weight is 538 g/mol. The van der Waals surface area contributed by atoms with Crippen molar-refractivity contribution in [2.24, 2.45) is 11.1 Å². The second kappa shape index (κ2) is 9.97. The summed E-state index contributed by atoms with van der Waals surface area (Å²) in [6.45, 7) is -0.114. The van der Waals surface area contributed by atoms with E-state index in [-0.39, 0.29) is 40.5 Å². The van der Waals surface area contributed by atoms with Crippen LogP contribution in [0.4, 0.5) is 19.0 Å². The zero-order valence-corrected chi connectivity index (χ0v) is 19.5. The van der Waals surface area contributed by atoms with Crippen molar-refractivity contribution >= 4 is 46.1 Å². The van der Waals surface area contributed by atoms with Crippen molar-refractivity contribution < 1.29 is 31.8 Å².